The molecule has 2 aromatic rings. The Hall–Kier alpha value is -2.21. The van der Waals surface area contributed by atoms with E-state index in [0.29, 0.717) is 30.5 Å². The summed E-state index contributed by atoms with van der Waals surface area (Å²) in [7, 11) is 1.97. The molecule has 6 nitrogen and oxygen atoms in total. The Labute approximate surface area is 123 Å². The smallest absolute Gasteiger partial charge is 0.248 e. The van der Waals surface area contributed by atoms with Crippen molar-refractivity contribution in [1.82, 2.24) is 15.1 Å². The van der Waals surface area contributed by atoms with Crippen LogP contribution in [-0.4, -0.2) is 28.1 Å². The molecule has 1 fully saturated rings. The first kappa shape index (κ1) is 13.8. The van der Waals surface area contributed by atoms with Crippen LogP contribution in [0.2, 0.25) is 0 Å². The van der Waals surface area contributed by atoms with Gasteiger partial charge in [-0.2, -0.15) is 0 Å². The van der Waals surface area contributed by atoms with Crippen molar-refractivity contribution in [1.29, 1.82) is 0 Å². The Morgan fingerprint density at radius 2 is 2.19 bits per heavy atom. The number of nitrogens with zero attached hydrogens (tertiary/aromatic N) is 3. The first-order valence-corrected chi connectivity index (χ1v) is 7.01. The van der Waals surface area contributed by atoms with Gasteiger partial charge in [0.15, 0.2) is 0 Å². The van der Waals surface area contributed by atoms with E-state index in [0.717, 1.165) is 24.3 Å². The van der Waals surface area contributed by atoms with Crippen LogP contribution in [0.1, 0.15) is 46.5 Å². The lowest BCUT2D eigenvalue weighted by molar-refractivity contribution is 0.1000. The quantitative estimate of drug-likeness (QED) is 0.873. The molecule has 0 atom stereocenters. The molecular weight excluding hydrogens is 268 g/mol. The van der Waals surface area contributed by atoms with Crippen LogP contribution in [0, 0.1) is 0 Å². The fourth-order valence-corrected chi connectivity index (χ4v) is 2.25. The highest BCUT2D eigenvalue weighted by atomic mass is 16.4. The van der Waals surface area contributed by atoms with Gasteiger partial charge in [0, 0.05) is 18.0 Å². The van der Waals surface area contributed by atoms with Crippen molar-refractivity contribution in [3.63, 3.8) is 0 Å². The third kappa shape index (κ3) is 3.46. The van der Waals surface area contributed by atoms with E-state index in [1.54, 1.807) is 6.07 Å². The molecule has 1 aliphatic carbocycles. The van der Waals surface area contributed by atoms with Crippen LogP contribution in [-0.2, 0) is 13.1 Å². The number of hydrogen-bond acceptors (Lipinski definition) is 5. The molecule has 3 rings (SSSR count). The van der Waals surface area contributed by atoms with Crippen LogP contribution < -0.4 is 5.73 Å². The van der Waals surface area contributed by atoms with Crippen molar-refractivity contribution in [2.75, 3.05) is 7.05 Å². The van der Waals surface area contributed by atoms with Gasteiger partial charge in [0.1, 0.15) is 0 Å². The molecule has 0 radical (unpaired) electrons. The van der Waals surface area contributed by atoms with Crippen molar-refractivity contribution >= 4 is 5.91 Å². The minimum absolute atomic E-state index is 0.412. The minimum Gasteiger partial charge on any atom is -0.424 e. The number of rotatable bonds is 6. The first-order valence-electron chi connectivity index (χ1n) is 7.01. The zero-order valence-electron chi connectivity index (χ0n) is 12.0. The molecule has 110 valence electrons. The van der Waals surface area contributed by atoms with Crippen LogP contribution in [0.15, 0.2) is 28.7 Å². The summed E-state index contributed by atoms with van der Waals surface area (Å²) in [5.74, 6) is 1.45. The average Bonchev–Trinajstić information content (AvgIpc) is 3.20. The van der Waals surface area contributed by atoms with Crippen molar-refractivity contribution in [3.05, 3.63) is 47.2 Å². The van der Waals surface area contributed by atoms with Crippen LogP contribution in [0.4, 0.5) is 0 Å². The lowest BCUT2D eigenvalue weighted by Crippen LogP contribution is -2.18. The molecule has 2 N–H and O–H groups in total. The number of carbonyl (C=O) groups excluding carboxylic acids is 1. The number of primary amides is 1. The molecule has 0 saturated heterocycles. The van der Waals surface area contributed by atoms with Crippen molar-refractivity contribution in [2.24, 2.45) is 5.73 Å². The van der Waals surface area contributed by atoms with E-state index in [1.165, 1.54) is 0 Å². The molecule has 1 aliphatic rings. The third-order valence-electron chi connectivity index (χ3n) is 3.48. The second-order valence-electron chi connectivity index (χ2n) is 5.55. The van der Waals surface area contributed by atoms with E-state index in [9.17, 15) is 4.79 Å². The molecule has 1 aromatic carbocycles. The van der Waals surface area contributed by atoms with Crippen molar-refractivity contribution in [2.45, 2.75) is 31.8 Å². The monoisotopic (exact) mass is 286 g/mol. The summed E-state index contributed by atoms with van der Waals surface area (Å²) in [4.78, 5) is 13.2. The molecule has 6 heteroatoms. The fourth-order valence-electron chi connectivity index (χ4n) is 2.25. The topological polar surface area (TPSA) is 85.2 Å². The predicted octanol–water partition coefficient (Wildman–Crippen LogP) is 1.68. The van der Waals surface area contributed by atoms with Gasteiger partial charge in [0.05, 0.1) is 6.54 Å². The maximum atomic E-state index is 11.2. The van der Waals surface area contributed by atoms with Crippen LogP contribution >= 0.6 is 0 Å². The highest BCUT2D eigenvalue weighted by Gasteiger charge is 2.29. The SMILES string of the molecule is CN(Cc1cccc(C(N)=O)c1)Cc1nnc(C2CC2)o1. The number of aromatic nitrogens is 2. The lowest BCUT2D eigenvalue weighted by Gasteiger charge is -2.14. The summed E-state index contributed by atoms with van der Waals surface area (Å²) >= 11 is 0. The fraction of sp³-hybridized carbons (Fsp3) is 0.400. The number of nitrogens with two attached hydrogens (primary N) is 1. The molecule has 0 aliphatic heterocycles. The number of hydrogen-bond donors (Lipinski definition) is 1. The van der Waals surface area contributed by atoms with E-state index in [4.69, 9.17) is 10.2 Å². The van der Waals surface area contributed by atoms with Crippen LogP contribution in [0.3, 0.4) is 0 Å². The Morgan fingerprint density at radius 1 is 1.38 bits per heavy atom. The molecule has 1 saturated carbocycles. The Balaban J connectivity index is 1.61. The molecule has 0 bridgehead atoms. The van der Waals surface area contributed by atoms with Gasteiger partial charge in [0.2, 0.25) is 17.7 Å². The van der Waals surface area contributed by atoms with Gasteiger partial charge in [-0.3, -0.25) is 9.69 Å². The summed E-state index contributed by atoms with van der Waals surface area (Å²) in [6, 6.07) is 7.32. The Bertz CT molecular complexity index is 649. The third-order valence-corrected chi connectivity index (χ3v) is 3.48. The van der Waals surface area contributed by atoms with Gasteiger partial charge >= 0.3 is 0 Å². The van der Waals surface area contributed by atoms with E-state index >= 15 is 0 Å². The largest absolute Gasteiger partial charge is 0.424 e. The van der Waals surface area contributed by atoms with Gasteiger partial charge in [-0.1, -0.05) is 12.1 Å². The molecule has 21 heavy (non-hydrogen) atoms. The van der Waals surface area contributed by atoms with Crippen molar-refractivity contribution in [3.8, 4) is 0 Å². The van der Waals surface area contributed by atoms with Gasteiger partial charge in [-0.25, -0.2) is 0 Å². The Morgan fingerprint density at radius 3 is 2.90 bits per heavy atom. The summed E-state index contributed by atoms with van der Waals surface area (Å²) in [6.07, 6.45) is 2.30. The van der Waals surface area contributed by atoms with Gasteiger partial charge in [-0.05, 0) is 37.6 Å². The second kappa shape index (κ2) is 5.65. The van der Waals surface area contributed by atoms with Gasteiger partial charge < -0.3 is 10.2 Å². The molecular formula is C15H18N4O2. The normalized spacial score (nSPS) is 14.6. The van der Waals surface area contributed by atoms with E-state index in [1.807, 2.05) is 25.2 Å². The molecule has 1 aromatic heterocycles. The summed E-state index contributed by atoms with van der Waals surface area (Å²) < 4.78 is 5.64. The maximum absolute atomic E-state index is 11.2. The zero-order chi connectivity index (χ0) is 14.8. The summed E-state index contributed by atoms with van der Waals surface area (Å²) in [6.45, 7) is 1.27. The van der Waals surface area contributed by atoms with Crippen LogP contribution in [0.5, 0.6) is 0 Å². The number of carbonyl (C=O) groups is 1. The zero-order valence-corrected chi connectivity index (χ0v) is 12.0. The minimum atomic E-state index is -0.412. The molecule has 0 unspecified atom stereocenters. The molecule has 0 spiro atoms. The predicted molar refractivity (Wildman–Crippen MR) is 76.4 cm³/mol. The maximum Gasteiger partial charge on any atom is 0.248 e. The van der Waals surface area contributed by atoms with Crippen molar-refractivity contribution < 1.29 is 9.21 Å². The average molecular weight is 286 g/mol. The van der Waals surface area contributed by atoms with E-state index in [-0.39, 0.29) is 0 Å². The number of amides is 1. The first-order chi connectivity index (χ1) is 10.1. The van der Waals surface area contributed by atoms with Gasteiger partial charge in [0.25, 0.3) is 0 Å². The summed E-state index contributed by atoms with van der Waals surface area (Å²) in [5.41, 5.74) is 6.83. The highest BCUT2D eigenvalue weighted by molar-refractivity contribution is 5.92. The van der Waals surface area contributed by atoms with E-state index in [2.05, 4.69) is 15.1 Å². The molecule has 1 amide bonds. The number of benzene rings is 1. The van der Waals surface area contributed by atoms with Crippen LogP contribution in [0.25, 0.3) is 0 Å². The van der Waals surface area contributed by atoms with E-state index < -0.39 is 5.91 Å². The molecule has 1 heterocycles. The van der Waals surface area contributed by atoms with Gasteiger partial charge in [-0.15, -0.1) is 10.2 Å². The summed E-state index contributed by atoms with van der Waals surface area (Å²) in [5, 5.41) is 8.14. The second-order valence-corrected chi connectivity index (χ2v) is 5.55. The standard InChI is InChI=1S/C15H18N4O2/c1-19(8-10-3-2-4-12(7-10)14(16)20)9-13-17-18-15(21-13)11-5-6-11/h2-4,7,11H,5-6,8-9H2,1H3,(H2,16,20). The highest BCUT2D eigenvalue weighted by Crippen LogP contribution is 2.39. The lowest BCUT2D eigenvalue weighted by atomic mass is 10.1. The Kier molecular flexibility index (Phi) is 3.70.